The van der Waals surface area contributed by atoms with Gasteiger partial charge in [0.1, 0.15) is 12.4 Å². The minimum Gasteiger partial charge on any atom is -0.458 e. The van der Waals surface area contributed by atoms with Crippen molar-refractivity contribution in [2.45, 2.75) is 13.8 Å². The highest BCUT2D eigenvalue weighted by molar-refractivity contribution is 6.29. The van der Waals surface area contributed by atoms with E-state index in [2.05, 4.69) is 9.47 Å². The fraction of sp³-hybridized carbons (Fsp3) is 0.500. The molecule has 0 unspecified atom stereocenters. The van der Waals surface area contributed by atoms with Crippen molar-refractivity contribution in [3.05, 3.63) is 11.9 Å². The summed E-state index contributed by atoms with van der Waals surface area (Å²) in [6.45, 7) is 2.55. The molecule has 0 bridgehead atoms. The Hall–Kier alpha value is -1.39. The predicted molar refractivity (Wildman–Crippen MR) is 42.5 cm³/mol. The first-order valence-corrected chi connectivity index (χ1v) is 3.76. The lowest BCUT2D eigenvalue weighted by atomic mass is 10.5. The van der Waals surface area contributed by atoms with Crippen LogP contribution in [0.1, 0.15) is 13.8 Å². The normalized spacial score (nSPS) is 10.8. The molecule has 0 aromatic carbocycles. The highest BCUT2D eigenvalue weighted by Gasteiger charge is 2.16. The zero-order chi connectivity index (χ0) is 10.3. The number of halogens is 1. The van der Waals surface area contributed by atoms with Crippen LogP contribution in [0.25, 0.3) is 0 Å². The van der Waals surface area contributed by atoms with Crippen molar-refractivity contribution >= 4 is 11.9 Å². The van der Waals surface area contributed by atoms with Crippen molar-refractivity contribution < 1.29 is 23.5 Å². The van der Waals surface area contributed by atoms with E-state index in [9.17, 15) is 14.0 Å². The molecule has 0 N–H and O–H groups in total. The molecule has 0 rings (SSSR count). The van der Waals surface area contributed by atoms with Crippen molar-refractivity contribution in [3.63, 3.8) is 0 Å². The molecule has 0 fully saturated rings. The molecule has 5 heteroatoms. The highest BCUT2D eigenvalue weighted by atomic mass is 19.1. The second-order valence-corrected chi connectivity index (χ2v) is 2.03. The second kappa shape index (κ2) is 6.16. The molecule has 0 saturated carbocycles. The van der Waals surface area contributed by atoms with E-state index in [1.165, 1.54) is 6.92 Å². The summed E-state index contributed by atoms with van der Waals surface area (Å²) in [5.74, 6) is -2.90. The number of esters is 2. The first kappa shape index (κ1) is 11.6. The van der Waals surface area contributed by atoms with Crippen LogP contribution in [0.15, 0.2) is 11.9 Å². The zero-order valence-corrected chi connectivity index (χ0v) is 7.50. The maximum absolute atomic E-state index is 12.4. The van der Waals surface area contributed by atoms with E-state index in [4.69, 9.17) is 0 Å². The molecule has 0 aromatic heterocycles. The molecule has 4 nitrogen and oxygen atoms in total. The standard InChI is InChI=1S/C8H11FO4/c1-3-6(9)5-13-8(11)7(10)12-4-2/h3H,4-5H2,1-2H3. The summed E-state index contributed by atoms with van der Waals surface area (Å²) in [7, 11) is 0. The Labute approximate surface area is 75.3 Å². The molecule has 0 aliphatic heterocycles. The van der Waals surface area contributed by atoms with Crippen LogP contribution in [-0.4, -0.2) is 25.2 Å². The Morgan fingerprint density at radius 1 is 1.31 bits per heavy atom. The van der Waals surface area contributed by atoms with Gasteiger partial charge in [-0.15, -0.1) is 0 Å². The van der Waals surface area contributed by atoms with Gasteiger partial charge in [-0.25, -0.2) is 14.0 Å². The Bertz CT molecular complexity index is 222. The van der Waals surface area contributed by atoms with Crippen LogP contribution in [0.5, 0.6) is 0 Å². The Morgan fingerprint density at radius 2 is 1.85 bits per heavy atom. The minimum absolute atomic E-state index is 0.0834. The summed E-state index contributed by atoms with van der Waals surface area (Å²) in [6.07, 6.45) is 1.14. The number of hydrogen-bond donors (Lipinski definition) is 0. The van der Waals surface area contributed by atoms with E-state index in [0.717, 1.165) is 6.08 Å². The maximum atomic E-state index is 12.4. The Kier molecular flexibility index (Phi) is 5.50. The fourth-order valence-corrected chi connectivity index (χ4v) is 0.467. The summed E-state index contributed by atoms with van der Waals surface area (Å²) in [4.78, 5) is 21.3. The van der Waals surface area contributed by atoms with Crippen LogP contribution in [0, 0.1) is 0 Å². The average molecular weight is 190 g/mol. The summed E-state index contributed by atoms with van der Waals surface area (Å²) in [6, 6.07) is 0. The lowest BCUT2D eigenvalue weighted by molar-refractivity contribution is -0.167. The van der Waals surface area contributed by atoms with E-state index in [1.54, 1.807) is 6.92 Å². The maximum Gasteiger partial charge on any atom is 0.417 e. The molecule has 0 aromatic rings. The largest absolute Gasteiger partial charge is 0.458 e. The van der Waals surface area contributed by atoms with Gasteiger partial charge in [0.15, 0.2) is 0 Å². The molecular formula is C8H11FO4. The van der Waals surface area contributed by atoms with Gasteiger partial charge in [-0.1, -0.05) is 6.08 Å². The summed E-state index contributed by atoms with van der Waals surface area (Å²) in [5, 5.41) is 0. The van der Waals surface area contributed by atoms with E-state index in [1.807, 2.05) is 0 Å². The van der Waals surface area contributed by atoms with Gasteiger partial charge in [0, 0.05) is 0 Å². The molecule has 0 aliphatic carbocycles. The third-order valence-corrected chi connectivity index (χ3v) is 1.10. The number of carbonyl (C=O) groups excluding carboxylic acids is 2. The molecule has 0 saturated heterocycles. The predicted octanol–water partition coefficient (Wildman–Crippen LogP) is 0.966. The third kappa shape index (κ3) is 4.95. The van der Waals surface area contributed by atoms with Crippen molar-refractivity contribution in [3.8, 4) is 0 Å². The van der Waals surface area contributed by atoms with E-state index < -0.39 is 24.4 Å². The molecule has 0 aliphatic rings. The Morgan fingerprint density at radius 3 is 2.31 bits per heavy atom. The summed E-state index contributed by atoms with van der Waals surface area (Å²) >= 11 is 0. The van der Waals surface area contributed by atoms with Crippen molar-refractivity contribution in [1.29, 1.82) is 0 Å². The summed E-state index contributed by atoms with van der Waals surface area (Å²) < 4.78 is 20.9. The lowest BCUT2D eigenvalue weighted by Crippen LogP contribution is -2.20. The van der Waals surface area contributed by atoms with Crippen LogP contribution in [0.2, 0.25) is 0 Å². The lowest BCUT2D eigenvalue weighted by Gasteiger charge is -2.01. The molecule has 0 atom stereocenters. The topological polar surface area (TPSA) is 52.6 Å². The van der Waals surface area contributed by atoms with Gasteiger partial charge in [-0.3, -0.25) is 0 Å². The number of ether oxygens (including phenoxy) is 2. The fourth-order valence-electron chi connectivity index (χ4n) is 0.467. The molecule has 0 amide bonds. The molecule has 13 heavy (non-hydrogen) atoms. The number of rotatable bonds is 3. The van der Waals surface area contributed by atoms with E-state index in [0.29, 0.717) is 0 Å². The van der Waals surface area contributed by atoms with Gasteiger partial charge in [-0.2, -0.15) is 0 Å². The first-order valence-electron chi connectivity index (χ1n) is 3.76. The van der Waals surface area contributed by atoms with Crippen LogP contribution in [0.4, 0.5) is 4.39 Å². The average Bonchev–Trinajstić information content (AvgIpc) is 2.13. The monoisotopic (exact) mass is 190 g/mol. The number of carbonyl (C=O) groups is 2. The van der Waals surface area contributed by atoms with Gasteiger partial charge >= 0.3 is 11.9 Å². The van der Waals surface area contributed by atoms with E-state index in [-0.39, 0.29) is 6.61 Å². The number of hydrogen-bond acceptors (Lipinski definition) is 4. The minimum atomic E-state index is -1.18. The molecule has 0 radical (unpaired) electrons. The van der Waals surface area contributed by atoms with Crippen molar-refractivity contribution in [2.24, 2.45) is 0 Å². The molecular weight excluding hydrogens is 179 g/mol. The van der Waals surface area contributed by atoms with E-state index >= 15 is 0 Å². The first-order chi connectivity index (χ1) is 6.11. The van der Waals surface area contributed by atoms with Gasteiger partial charge in [0.05, 0.1) is 6.61 Å². The van der Waals surface area contributed by atoms with Crippen LogP contribution >= 0.6 is 0 Å². The van der Waals surface area contributed by atoms with Crippen molar-refractivity contribution in [1.82, 2.24) is 0 Å². The number of allylic oxidation sites excluding steroid dienone is 1. The molecule has 74 valence electrons. The quantitative estimate of drug-likeness (QED) is 0.491. The van der Waals surface area contributed by atoms with Gasteiger partial charge in [0.25, 0.3) is 0 Å². The van der Waals surface area contributed by atoms with Gasteiger partial charge in [-0.05, 0) is 13.8 Å². The van der Waals surface area contributed by atoms with Crippen LogP contribution < -0.4 is 0 Å². The molecule has 0 heterocycles. The van der Waals surface area contributed by atoms with Gasteiger partial charge < -0.3 is 9.47 Å². The van der Waals surface area contributed by atoms with Gasteiger partial charge in [0.2, 0.25) is 0 Å². The zero-order valence-electron chi connectivity index (χ0n) is 7.50. The van der Waals surface area contributed by atoms with Crippen LogP contribution in [-0.2, 0) is 19.1 Å². The Balaban J connectivity index is 3.81. The van der Waals surface area contributed by atoms with Crippen LogP contribution in [0.3, 0.4) is 0 Å². The smallest absolute Gasteiger partial charge is 0.417 e. The third-order valence-electron chi connectivity index (χ3n) is 1.10. The second-order valence-electron chi connectivity index (χ2n) is 2.03. The molecule has 0 spiro atoms. The highest BCUT2D eigenvalue weighted by Crippen LogP contribution is 1.96. The van der Waals surface area contributed by atoms with Crippen molar-refractivity contribution in [2.75, 3.05) is 13.2 Å². The SMILES string of the molecule is CC=C(F)COC(=O)C(=O)OCC. The summed E-state index contributed by atoms with van der Waals surface area (Å²) in [5.41, 5.74) is 0.